The van der Waals surface area contributed by atoms with Crippen molar-refractivity contribution in [1.29, 1.82) is 0 Å². The molecular weight excluding hydrogens is 250 g/mol. The summed E-state index contributed by atoms with van der Waals surface area (Å²) in [6.45, 7) is 8.29. The topological polar surface area (TPSA) is 37.4 Å². The predicted octanol–water partition coefficient (Wildman–Crippen LogP) is 2.84. The Morgan fingerprint density at radius 1 is 1.40 bits per heavy atom. The van der Waals surface area contributed by atoms with Gasteiger partial charge in [-0.1, -0.05) is 13.8 Å². The number of piperidine rings is 1. The van der Waals surface area contributed by atoms with Crippen LogP contribution in [-0.2, 0) is 0 Å². The molecule has 0 aliphatic carbocycles. The monoisotopic (exact) mass is 277 g/mol. The lowest BCUT2D eigenvalue weighted by molar-refractivity contribution is 0.314. The van der Waals surface area contributed by atoms with Gasteiger partial charge in [0.05, 0.1) is 6.61 Å². The molecule has 0 aromatic carbocycles. The number of hydrogen-bond donors (Lipinski definition) is 1. The molecule has 112 valence electrons. The first-order valence-corrected chi connectivity index (χ1v) is 7.91. The number of hydrogen-bond acceptors (Lipinski definition) is 4. The van der Waals surface area contributed by atoms with Gasteiger partial charge in [-0.15, -0.1) is 0 Å². The SMILES string of the molecule is CCCNC1CCCN(c2ncccc2OCCC)C1. The number of nitrogens with zero attached hydrogens (tertiary/aromatic N) is 2. The molecule has 1 fully saturated rings. The minimum Gasteiger partial charge on any atom is -0.490 e. The summed E-state index contributed by atoms with van der Waals surface area (Å²) in [5, 5.41) is 3.62. The first kappa shape index (κ1) is 15.1. The third-order valence-corrected chi connectivity index (χ3v) is 3.62. The van der Waals surface area contributed by atoms with Crippen LogP contribution >= 0.6 is 0 Å². The highest BCUT2D eigenvalue weighted by atomic mass is 16.5. The highest BCUT2D eigenvalue weighted by molar-refractivity contribution is 5.52. The van der Waals surface area contributed by atoms with Gasteiger partial charge >= 0.3 is 0 Å². The largest absolute Gasteiger partial charge is 0.490 e. The number of aromatic nitrogens is 1. The van der Waals surface area contributed by atoms with Gasteiger partial charge in [0, 0.05) is 25.3 Å². The first-order chi connectivity index (χ1) is 9.85. The van der Waals surface area contributed by atoms with E-state index in [2.05, 4.69) is 29.0 Å². The number of pyridine rings is 1. The Kier molecular flexibility index (Phi) is 6.12. The van der Waals surface area contributed by atoms with Gasteiger partial charge in [0.1, 0.15) is 0 Å². The zero-order chi connectivity index (χ0) is 14.2. The van der Waals surface area contributed by atoms with E-state index in [-0.39, 0.29) is 0 Å². The molecule has 0 bridgehead atoms. The van der Waals surface area contributed by atoms with Crippen LogP contribution in [0, 0.1) is 0 Å². The van der Waals surface area contributed by atoms with Crippen LogP contribution in [0.5, 0.6) is 5.75 Å². The molecule has 20 heavy (non-hydrogen) atoms. The second-order valence-corrected chi connectivity index (χ2v) is 5.41. The number of anilines is 1. The van der Waals surface area contributed by atoms with E-state index in [1.54, 1.807) is 0 Å². The molecule has 2 heterocycles. The van der Waals surface area contributed by atoms with Crippen molar-refractivity contribution in [3.63, 3.8) is 0 Å². The fourth-order valence-corrected chi connectivity index (χ4v) is 2.63. The minimum atomic E-state index is 0.574. The second kappa shape index (κ2) is 8.10. The smallest absolute Gasteiger partial charge is 0.171 e. The quantitative estimate of drug-likeness (QED) is 0.831. The zero-order valence-electron chi connectivity index (χ0n) is 12.8. The van der Waals surface area contributed by atoms with Crippen LogP contribution in [0.4, 0.5) is 5.82 Å². The maximum atomic E-state index is 5.83. The fourth-order valence-electron chi connectivity index (χ4n) is 2.63. The molecule has 2 rings (SSSR count). The molecule has 1 aromatic heterocycles. The molecule has 1 N–H and O–H groups in total. The van der Waals surface area contributed by atoms with Crippen molar-refractivity contribution < 1.29 is 4.74 Å². The van der Waals surface area contributed by atoms with Gasteiger partial charge < -0.3 is 15.0 Å². The average molecular weight is 277 g/mol. The standard InChI is InChI=1S/C16H27N3O/c1-3-9-17-14-7-6-11-19(13-14)16-15(20-12-4-2)8-5-10-18-16/h5,8,10,14,17H,3-4,6-7,9,11-13H2,1-2H3. The Labute approximate surface area is 122 Å². The van der Waals surface area contributed by atoms with Crippen molar-refractivity contribution in [2.24, 2.45) is 0 Å². The molecule has 4 nitrogen and oxygen atoms in total. The van der Waals surface area contributed by atoms with Gasteiger partial charge in [-0.3, -0.25) is 0 Å². The summed E-state index contributed by atoms with van der Waals surface area (Å²) in [7, 11) is 0. The summed E-state index contributed by atoms with van der Waals surface area (Å²) in [5.41, 5.74) is 0. The molecule has 0 spiro atoms. The normalized spacial score (nSPS) is 19.1. The van der Waals surface area contributed by atoms with Crippen molar-refractivity contribution >= 4 is 5.82 Å². The molecule has 0 saturated carbocycles. The zero-order valence-corrected chi connectivity index (χ0v) is 12.8. The van der Waals surface area contributed by atoms with E-state index in [4.69, 9.17) is 4.74 Å². The summed E-state index contributed by atoms with van der Waals surface area (Å²) < 4.78 is 5.83. The molecule has 0 amide bonds. The van der Waals surface area contributed by atoms with Crippen molar-refractivity contribution in [3.05, 3.63) is 18.3 Å². The maximum Gasteiger partial charge on any atom is 0.171 e. The van der Waals surface area contributed by atoms with Gasteiger partial charge in [0.2, 0.25) is 0 Å². The van der Waals surface area contributed by atoms with Gasteiger partial charge in [-0.05, 0) is 44.4 Å². The highest BCUT2D eigenvalue weighted by Gasteiger charge is 2.22. The summed E-state index contributed by atoms with van der Waals surface area (Å²) in [5.74, 6) is 1.93. The summed E-state index contributed by atoms with van der Waals surface area (Å²) >= 11 is 0. The van der Waals surface area contributed by atoms with E-state index in [0.29, 0.717) is 6.04 Å². The van der Waals surface area contributed by atoms with Crippen LogP contribution in [0.2, 0.25) is 0 Å². The van der Waals surface area contributed by atoms with Crippen LogP contribution in [0.15, 0.2) is 18.3 Å². The molecule has 1 atom stereocenters. The number of nitrogens with one attached hydrogen (secondary N) is 1. The van der Waals surface area contributed by atoms with E-state index >= 15 is 0 Å². The van der Waals surface area contributed by atoms with Gasteiger partial charge in [-0.25, -0.2) is 4.98 Å². The van der Waals surface area contributed by atoms with Gasteiger partial charge in [0.25, 0.3) is 0 Å². The summed E-state index contributed by atoms with van der Waals surface area (Å²) in [4.78, 5) is 6.91. The Balaban J connectivity index is 2.02. The molecule has 1 aromatic rings. The van der Waals surface area contributed by atoms with Gasteiger partial charge in [0.15, 0.2) is 11.6 Å². The van der Waals surface area contributed by atoms with E-state index in [1.807, 2.05) is 18.3 Å². The van der Waals surface area contributed by atoms with E-state index < -0.39 is 0 Å². The molecule has 1 saturated heterocycles. The molecule has 4 heteroatoms. The number of ether oxygens (including phenoxy) is 1. The van der Waals surface area contributed by atoms with Crippen LogP contribution in [0.3, 0.4) is 0 Å². The Bertz CT molecular complexity index is 397. The van der Waals surface area contributed by atoms with Crippen LogP contribution in [0.1, 0.15) is 39.5 Å². The lowest BCUT2D eigenvalue weighted by Crippen LogP contribution is -2.46. The molecular formula is C16H27N3O. The lowest BCUT2D eigenvalue weighted by atomic mass is 10.1. The van der Waals surface area contributed by atoms with Crippen LogP contribution < -0.4 is 15.0 Å². The fraction of sp³-hybridized carbons (Fsp3) is 0.688. The minimum absolute atomic E-state index is 0.574. The van der Waals surface area contributed by atoms with Crippen molar-refractivity contribution in [2.45, 2.75) is 45.6 Å². The highest BCUT2D eigenvalue weighted by Crippen LogP contribution is 2.27. The maximum absolute atomic E-state index is 5.83. The van der Waals surface area contributed by atoms with Crippen molar-refractivity contribution in [1.82, 2.24) is 10.3 Å². The molecule has 1 aliphatic heterocycles. The van der Waals surface area contributed by atoms with Crippen LogP contribution in [-0.4, -0.2) is 37.3 Å². The molecule has 1 aliphatic rings. The molecule has 1 unspecified atom stereocenters. The second-order valence-electron chi connectivity index (χ2n) is 5.41. The van der Waals surface area contributed by atoms with E-state index in [0.717, 1.165) is 44.2 Å². The van der Waals surface area contributed by atoms with E-state index in [9.17, 15) is 0 Å². The summed E-state index contributed by atoms with van der Waals surface area (Å²) in [6, 6.07) is 4.55. The van der Waals surface area contributed by atoms with Crippen LogP contribution in [0.25, 0.3) is 0 Å². The van der Waals surface area contributed by atoms with Crippen molar-refractivity contribution in [3.8, 4) is 5.75 Å². The van der Waals surface area contributed by atoms with E-state index in [1.165, 1.54) is 19.3 Å². The van der Waals surface area contributed by atoms with Gasteiger partial charge in [-0.2, -0.15) is 0 Å². The average Bonchev–Trinajstić information content (AvgIpc) is 2.51. The third-order valence-electron chi connectivity index (χ3n) is 3.62. The molecule has 0 radical (unpaired) electrons. The Hall–Kier alpha value is -1.29. The Morgan fingerprint density at radius 2 is 2.30 bits per heavy atom. The first-order valence-electron chi connectivity index (χ1n) is 7.91. The van der Waals surface area contributed by atoms with Crippen molar-refractivity contribution in [2.75, 3.05) is 31.1 Å². The predicted molar refractivity (Wildman–Crippen MR) is 83.6 cm³/mol. The third kappa shape index (κ3) is 4.10. The summed E-state index contributed by atoms with van der Waals surface area (Å²) in [6.07, 6.45) is 6.54. The number of rotatable bonds is 7. The Morgan fingerprint density at radius 3 is 3.10 bits per heavy atom. The lowest BCUT2D eigenvalue weighted by Gasteiger charge is -2.34.